The summed E-state index contributed by atoms with van der Waals surface area (Å²) >= 11 is 0. The Morgan fingerprint density at radius 2 is 1.22 bits per heavy atom. The fraction of sp³-hybridized carbons (Fsp3) is 0. The summed E-state index contributed by atoms with van der Waals surface area (Å²) in [6.07, 6.45) is 3.52. The van der Waals surface area contributed by atoms with Crippen LogP contribution in [0.4, 0.5) is 0 Å². The molecule has 4 heterocycles. The number of nitrogens with zero attached hydrogens (tertiary/aromatic N) is 5. The van der Waals surface area contributed by atoms with Gasteiger partial charge in [-0.15, -0.1) is 0 Å². The van der Waals surface area contributed by atoms with E-state index in [1.54, 1.807) is 29.1 Å². The fourth-order valence-corrected chi connectivity index (χ4v) is 7.34. The van der Waals surface area contributed by atoms with Gasteiger partial charge in [-0.3, -0.25) is 4.98 Å². The molecule has 0 saturated heterocycles. The van der Waals surface area contributed by atoms with E-state index in [0.29, 0.717) is 28.5 Å². The van der Waals surface area contributed by atoms with Crippen LogP contribution in [0.5, 0.6) is 0 Å². The second-order valence-corrected chi connectivity index (χ2v) is 13.0. The zero-order chi connectivity index (χ0) is 41.7. The molecule has 0 aliphatic heterocycles. The number of hydrogen-bond donors (Lipinski definition) is 0. The van der Waals surface area contributed by atoms with Gasteiger partial charge in [-0.05, 0) is 59.4 Å². The maximum Gasteiger partial charge on any atom is 0.166 e. The standard InChI is InChI=1S/C48H29N5O/c1-5-19-41-36(13-1)37-14-2-6-20-42(37)53(41)43-21-7-3-16-40(43)48-51-46(50-47(52-48)33-23-24-34-29-49-26-25-30(34)27-33)32-12-9-11-31(28-32)35-17-10-18-39-38-15-4-8-22-44(38)54-45(35)39/h1-29H/i1D,2D,5D,13D,14D,19D,20D. The van der Waals surface area contributed by atoms with Crippen molar-refractivity contribution in [1.82, 2.24) is 24.5 Å². The lowest BCUT2D eigenvalue weighted by Gasteiger charge is -2.15. The molecule has 54 heavy (non-hydrogen) atoms. The van der Waals surface area contributed by atoms with E-state index in [1.807, 2.05) is 97.1 Å². The molecular weight excluding hydrogens is 663 g/mol. The van der Waals surface area contributed by atoms with Crippen molar-refractivity contribution in [3.8, 4) is 51.0 Å². The molecule has 4 aromatic heterocycles. The van der Waals surface area contributed by atoms with Crippen LogP contribution in [-0.4, -0.2) is 24.5 Å². The number of furan rings is 1. The zero-order valence-electron chi connectivity index (χ0n) is 35.3. The van der Waals surface area contributed by atoms with E-state index in [1.165, 1.54) is 6.07 Å². The summed E-state index contributed by atoms with van der Waals surface area (Å²) < 4.78 is 69.7. The molecule has 0 radical (unpaired) electrons. The molecule has 0 spiro atoms. The van der Waals surface area contributed by atoms with Gasteiger partial charge in [0.2, 0.25) is 0 Å². The van der Waals surface area contributed by atoms with E-state index in [0.717, 1.165) is 49.4 Å². The van der Waals surface area contributed by atoms with E-state index < -0.39 is 12.1 Å². The van der Waals surface area contributed by atoms with Crippen molar-refractivity contribution < 1.29 is 14.0 Å². The quantitative estimate of drug-likeness (QED) is 0.179. The Morgan fingerprint density at radius 3 is 2.17 bits per heavy atom. The Labute approximate surface area is 319 Å². The summed E-state index contributed by atoms with van der Waals surface area (Å²) in [4.78, 5) is 19.5. The van der Waals surface area contributed by atoms with Crippen molar-refractivity contribution in [3.05, 3.63) is 176 Å². The highest BCUT2D eigenvalue weighted by atomic mass is 16.3. The summed E-state index contributed by atoms with van der Waals surface area (Å²) in [5.41, 5.74) is 5.94. The van der Waals surface area contributed by atoms with Crippen LogP contribution in [0.2, 0.25) is 0 Å². The van der Waals surface area contributed by atoms with Gasteiger partial charge in [0, 0.05) is 61.6 Å². The van der Waals surface area contributed by atoms with E-state index in [-0.39, 0.29) is 57.8 Å². The molecule has 0 atom stereocenters. The molecule has 252 valence electrons. The molecule has 0 saturated carbocycles. The molecule has 0 bridgehead atoms. The number of aromatic nitrogens is 5. The topological polar surface area (TPSA) is 69.6 Å². The molecule has 0 amide bonds. The van der Waals surface area contributed by atoms with Crippen LogP contribution in [0.25, 0.3) is 105 Å². The third-order valence-electron chi connectivity index (χ3n) is 9.84. The summed E-state index contributed by atoms with van der Waals surface area (Å²) in [5.74, 6) is 1.03. The van der Waals surface area contributed by atoms with Gasteiger partial charge in [0.1, 0.15) is 11.2 Å². The van der Waals surface area contributed by atoms with Crippen molar-refractivity contribution in [2.45, 2.75) is 0 Å². The first kappa shape index (κ1) is 23.9. The van der Waals surface area contributed by atoms with Crippen molar-refractivity contribution in [3.63, 3.8) is 0 Å². The maximum atomic E-state index is 9.12. The minimum absolute atomic E-state index is 0.0577. The van der Waals surface area contributed by atoms with Crippen molar-refractivity contribution in [1.29, 1.82) is 0 Å². The lowest BCUT2D eigenvalue weighted by Crippen LogP contribution is -2.03. The van der Waals surface area contributed by atoms with Crippen LogP contribution < -0.4 is 0 Å². The van der Waals surface area contributed by atoms with E-state index in [2.05, 4.69) is 11.1 Å². The van der Waals surface area contributed by atoms with Crippen LogP contribution in [0.3, 0.4) is 0 Å². The molecule has 11 aromatic rings. The number of benzene rings is 7. The lowest BCUT2D eigenvalue weighted by molar-refractivity contribution is 0.670. The highest BCUT2D eigenvalue weighted by Crippen LogP contribution is 2.39. The second-order valence-electron chi connectivity index (χ2n) is 13.0. The number of hydrogen-bond acceptors (Lipinski definition) is 5. The third kappa shape index (κ3) is 4.81. The fourth-order valence-electron chi connectivity index (χ4n) is 7.34. The van der Waals surface area contributed by atoms with Crippen molar-refractivity contribution in [2.24, 2.45) is 0 Å². The maximum absolute atomic E-state index is 9.12. The SMILES string of the molecule is [2H]c1cc([2H])c2c(c1[2H])c1c([2H])c([2H])c([2H])c([2H])c1n2-c1ccccc1-c1nc(-c2cccc(-c3cccc4c3oc3ccccc34)c2)nc(-c2ccc3cnccc3c2)n1. The molecule has 6 heteroatoms. The number of rotatable bonds is 5. The summed E-state index contributed by atoms with van der Waals surface area (Å²) in [6, 6.07) is 36.0. The van der Waals surface area contributed by atoms with Crippen LogP contribution >= 0.6 is 0 Å². The number of pyridine rings is 1. The molecule has 6 nitrogen and oxygen atoms in total. The highest BCUT2D eigenvalue weighted by Gasteiger charge is 2.20. The molecular formula is C48H29N5O. The first-order valence-electron chi connectivity index (χ1n) is 20.9. The summed E-state index contributed by atoms with van der Waals surface area (Å²) in [7, 11) is 0. The normalized spacial score (nSPS) is 13.5. The average molecular weight is 699 g/mol. The van der Waals surface area contributed by atoms with E-state index in [4.69, 9.17) is 29.0 Å². The Kier molecular flexibility index (Phi) is 5.35. The first-order chi connectivity index (χ1) is 29.7. The van der Waals surface area contributed by atoms with Gasteiger partial charge in [0.15, 0.2) is 17.5 Å². The highest BCUT2D eigenvalue weighted by molar-refractivity contribution is 6.10. The third-order valence-corrected chi connectivity index (χ3v) is 9.84. The van der Waals surface area contributed by atoms with Crippen LogP contribution in [0, 0.1) is 0 Å². The van der Waals surface area contributed by atoms with Crippen LogP contribution in [-0.2, 0) is 0 Å². The minimum Gasteiger partial charge on any atom is -0.455 e. The molecule has 7 aromatic carbocycles. The van der Waals surface area contributed by atoms with Gasteiger partial charge in [0.05, 0.1) is 26.3 Å². The van der Waals surface area contributed by atoms with E-state index in [9.17, 15) is 0 Å². The minimum atomic E-state index is -0.470. The first-order valence-corrected chi connectivity index (χ1v) is 17.4. The Bertz CT molecular complexity index is 3660. The Morgan fingerprint density at radius 1 is 0.500 bits per heavy atom. The lowest BCUT2D eigenvalue weighted by atomic mass is 10.00. The van der Waals surface area contributed by atoms with Gasteiger partial charge < -0.3 is 8.98 Å². The van der Waals surface area contributed by atoms with Gasteiger partial charge in [-0.25, -0.2) is 15.0 Å². The van der Waals surface area contributed by atoms with Gasteiger partial charge in [-0.2, -0.15) is 0 Å². The Balaban J connectivity index is 1.18. The molecule has 0 aliphatic carbocycles. The zero-order valence-corrected chi connectivity index (χ0v) is 28.3. The van der Waals surface area contributed by atoms with Gasteiger partial charge in [-0.1, -0.05) is 115 Å². The molecule has 11 rings (SSSR count). The second kappa shape index (κ2) is 12.1. The van der Waals surface area contributed by atoms with E-state index >= 15 is 0 Å². The van der Waals surface area contributed by atoms with Crippen LogP contribution in [0.1, 0.15) is 9.60 Å². The monoisotopic (exact) mass is 698 g/mol. The number of para-hydroxylation sites is 5. The van der Waals surface area contributed by atoms with Gasteiger partial charge >= 0.3 is 0 Å². The van der Waals surface area contributed by atoms with Crippen molar-refractivity contribution >= 4 is 54.5 Å². The van der Waals surface area contributed by atoms with Crippen molar-refractivity contribution in [2.75, 3.05) is 0 Å². The number of fused-ring (bicyclic) bond motifs is 7. The average Bonchev–Trinajstić information content (AvgIpc) is 3.87. The smallest absolute Gasteiger partial charge is 0.166 e. The molecule has 0 aliphatic rings. The van der Waals surface area contributed by atoms with Gasteiger partial charge in [0.25, 0.3) is 0 Å². The summed E-state index contributed by atoms with van der Waals surface area (Å²) in [5, 5.41) is 4.08. The molecule has 0 fully saturated rings. The predicted molar refractivity (Wildman–Crippen MR) is 218 cm³/mol. The predicted octanol–water partition coefficient (Wildman–Crippen LogP) is 12.1. The molecule has 0 N–H and O–H groups in total. The summed E-state index contributed by atoms with van der Waals surface area (Å²) in [6.45, 7) is 0. The largest absolute Gasteiger partial charge is 0.455 e. The van der Waals surface area contributed by atoms with Crippen LogP contribution in [0.15, 0.2) is 180 Å². The Hall–Kier alpha value is -7.44. The molecule has 0 unspecified atom stereocenters.